The molecule has 1 saturated carbocycles. The molecular weight excluding hydrogens is 620 g/mol. The minimum absolute atomic E-state index is 0.0706. The van der Waals surface area contributed by atoms with E-state index in [-0.39, 0.29) is 42.5 Å². The summed E-state index contributed by atoms with van der Waals surface area (Å²) in [7, 11) is 1.14. The maximum Gasteiger partial charge on any atom is 0.510 e. The van der Waals surface area contributed by atoms with Crippen molar-refractivity contribution >= 4 is 23.8 Å². The van der Waals surface area contributed by atoms with E-state index in [0.717, 1.165) is 49.3 Å². The lowest BCUT2D eigenvalue weighted by Gasteiger charge is -2.51. The fourth-order valence-corrected chi connectivity index (χ4v) is 9.00. The van der Waals surface area contributed by atoms with Gasteiger partial charge in [0, 0.05) is 35.0 Å². The molecule has 10 nitrogen and oxygen atoms in total. The molecule has 1 aromatic heterocycles. The standard InChI is InChI=1S/C33H31F2N3O7S/c1-42-33(41)45-16-44-31-25(39)8-9-37-30(31)32(40)36-10-11-43-14-27(36)38(37)29-19-6-7-24(34)28(35)23(19)15-46-26-13-21-18-4-2-17(3-5-18)20(21)12-22(26)29/h6-9,12-13,17-18,27,29H,2-5,10-11,14-16H2,1H3. The molecule has 2 aromatic carbocycles. The van der Waals surface area contributed by atoms with Crippen LogP contribution < -0.4 is 15.2 Å². The van der Waals surface area contributed by atoms with E-state index in [1.165, 1.54) is 35.2 Å². The molecule has 1 amide bonds. The Morgan fingerprint density at radius 1 is 1.02 bits per heavy atom. The highest BCUT2D eigenvalue weighted by Gasteiger charge is 2.47. The maximum absolute atomic E-state index is 15.7. The van der Waals surface area contributed by atoms with Crippen LogP contribution in [0, 0.1) is 11.6 Å². The lowest BCUT2D eigenvalue weighted by atomic mass is 9.66. The summed E-state index contributed by atoms with van der Waals surface area (Å²) in [6.45, 7) is -0.0107. The number of fused-ring (bicyclic) bond motifs is 6. The average molecular weight is 652 g/mol. The number of rotatable bonds is 4. The van der Waals surface area contributed by atoms with Gasteiger partial charge in [0.25, 0.3) is 5.91 Å². The van der Waals surface area contributed by atoms with E-state index in [2.05, 4.69) is 16.9 Å². The van der Waals surface area contributed by atoms with E-state index in [1.807, 2.05) is 5.01 Å². The molecule has 9 rings (SSSR count). The number of amides is 1. The van der Waals surface area contributed by atoms with Gasteiger partial charge in [-0.1, -0.05) is 12.1 Å². The Balaban J connectivity index is 1.36. The molecule has 2 fully saturated rings. The number of benzene rings is 2. The molecule has 0 radical (unpaired) electrons. The Labute approximate surface area is 267 Å². The third-order valence-corrected chi connectivity index (χ3v) is 11.1. The van der Waals surface area contributed by atoms with Crippen molar-refractivity contribution in [1.82, 2.24) is 9.58 Å². The number of hydrogen-bond acceptors (Lipinski definition) is 9. The number of hydrogen-bond donors (Lipinski definition) is 0. The van der Waals surface area contributed by atoms with Crippen LogP contribution >= 0.6 is 11.8 Å². The first-order chi connectivity index (χ1) is 22.4. The monoisotopic (exact) mass is 651 g/mol. The van der Waals surface area contributed by atoms with Gasteiger partial charge < -0.3 is 23.8 Å². The summed E-state index contributed by atoms with van der Waals surface area (Å²) in [5.74, 6) is -1.46. The molecule has 2 unspecified atom stereocenters. The SMILES string of the molecule is COC(=O)OCOc1c2n(ccc1=O)N(C1c3cc4c(cc3SCc3c1ccc(F)c3F)C1CCC4CC1)C1COCCN1C2=O. The quantitative estimate of drug-likeness (QED) is 0.280. The average Bonchev–Trinajstić information content (AvgIpc) is 3.24. The Morgan fingerprint density at radius 3 is 2.54 bits per heavy atom. The lowest BCUT2D eigenvalue weighted by molar-refractivity contribution is -0.0209. The maximum atomic E-state index is 15.7. The molecule has 6 aliphatic rings. The number of carbonyl (C=O) groups is 2. The van der Waals surface area contributed by atoms with Gasteiger partial charge >= 0.3 is 6.16 Å². The van der Waals surface area contributed by atoms with Crippen LogP contribution in [0.5, 0.6) is 5.75 Å². The molecule has 1 saturated heterocycles. The van der Waals surface area contributed by atoms with Crippen molar-refractivity contribution < 1.29 is 37.3 Å². The zero-order chi connectivity index (χ0) is 31.7. The summed E-state index contributed by atoms with van der Waals surface area (Å²) < 4.78 is 52.9. The highest BCUT2D eigenvalue weighted by atomic mass is 32.2. The summed E-state index contributed by atoms with van der Waals surface area (Å²) in [5, 5.41) is 1.91. The summed E-state index contributed by atoms with van der Waals surface area (Å²) in [6, 6.07) is 7.82. The Bertz CT molecular complexity index is 1830. The van der Waals surface area contributed by atoms with Gasteiger partial charge in [0.15, 0.2) is 17.3 Å². The van der Waals surface area contributed by atoms with E-state index in [9.17, 15) is 18.8 Å². The fraction of sp³-hybridized carbons (Fsp3) is 0.424. The molecule has 46 heavy (non-hydrogen) atoms. The highest BCUT2D eigenvalue weighted by molar-refractivity contribution is 7.98. The normalized spacial score (nSPS) is 24.2. The number of carbonyl (C=O) groups excluding carboxylic acids is 2. The molecule has 240 valence electrons. The summed E-state index contributed by atoms with van der Waals surface area (Å²) in [5.41, 5.74) is 3.71. The number of aromatic nitrogens is 1. The van der Waals surface area contributed by atoms with Crippen LogP contribution in [0.2, 0.25) is 0 Å². The fourth-order valence-electron chi connectivity index (χ4n) is 7.86. The molecule has 0 spiro atoms. The zero-order valence-corrected chi connectivity index (χ0v) is 25.8. The number of halogens is 2. The van der Waals surface area contributed by atoms with Crippen LogP contribution in [0.15, 0.2) is 46.2 Å². The summed E-state index contributed by atoms with van der Waals surface area (Å²) in [6.07, 6.45) is 4.36. The Morgan fingerprint density at radius 2 is 1.78 bits per heavy atom. The van der Waals surface area contributed by atoms with Gasteiger partial charge in [0.2, 0.25) is 18.0 Å². The second kappa shape index (κ2) is 11.3. The summed E-state index contributed by atoms with van der Waals surface area (Å²) in [4.78, 5) is 41.4. The number of morpholine rings is 1. The lowest BCUT2D eigenvalue weighted by Crippen LogP contribution is -2.66. The second-order valence-corrected chi connectivity index (χ2v) is 13.2. The van der Waals surface area contributed by atoms with Gasteiger partial charge in [-0.3, -0.25) is 19.3 Å². The third kappa shape index (κ3) is 4.49. The van der Waals surface area contributed by atoms with Gasteiger partial charge in [0.1, 0.15) is 6.17 Å². The van der Waals surface area contributed by atoms with Crippen molar-refractivity contribution in [2.24, 2.45) is 0 Å². The van der Waals surface area contributed by atoms with Crippen LogP contribution in [-0.4, -0.2) is 61.5 Å². The molecule has 3 aromatic rings. The molecule has 2 bridgehead atoms. The minimum Gasteiger partial charge on any atom is -0.451 e. The van der Waals surface area contributed by atoms with E-state index in [1.54, 1.807) is 15.6 Å². The highest BCUT2D eigenvalue weighted by Crippen LogP contribution is 2.53. The number of thioether (sulfide) groups is 1. The minimum atomic E-state index is -1.01. The van der Waals surface area contributed by atoms with Crippen molar-refractivity contribution in [3.8, 4) is 5.75 Å². The molecule has 4 heterocycles. The predicted octanol–water partition coefficient (Wildman–Crippen LogP) is 5.15. The van der Waals surface area contributed by atoms with Gasteiger partial charge in [-0.15, -0.1) is 11.8 Å². The van der Waals surface area contributed by atoms with Crippen LogP contribution in [-0.2, 0) is 20.0 Å². The van der Waals surface area contributed by atoms with E-state index in [0.29, 0.717) is 17.4 Å². The number of ether oxygens (including phenoxy) is 4. The predicted molar refractivity (Wildman–Crippen MR) is 162 cm³/mol. The van der Waals surface area contributed by atoms with E-state index < -0.39 is 48.1 Å². The topological polar surface area (TPSA) is 99.5 Å². The number of pyridine rings is 1. The van der Waals surface area contributed by atoms with Gasteiger partial charge in [0.05, 0.1) is 26.4 Å². The Hall–Kier alpha value is -4.10. The molecule has 13 heteroatoms. The van der Waals surface area contributed by atoms with Crippen molar-refractivity contribution in [3.05, 3.63) is 91.9 Å². The zero-order valence-electron chi connectivity index (χ0n) is 25.0. The first kappa shape index (κ1) is 29.3. The van der Waals surface area contributed by atoms with Crippen LogP contribution in [0.4, 0.5) is 13.6 Å². The third-order valence-electron chi connectivity index (χ3n) is 9.98. The van der Waals surface area contributed by atoms with Gasteiger partial charge in [-0.25, -0.2) is 13.6 Å². The van der Waals surface area contributed by atoms with E-state index >= 15 is 4.39 Å². The van der Waals surface area contributed by atoms with Gasteiger partial charge in [-0.2, -0.15) is 0 Å². The molecule has 0 N–H and O–H groups in total. The molecule has 3 aliphatic heterocycles. The molecule has 2 atom stereocenters. The smallest absolute Gasteiger partial charge is 0.451 e. The Kier molecular flexibility index (Phi) is 7.20. The van der Waals surface area contributed by atoms with Crippen LogP contribution in [0.1, 0.15) is 81.9 Å². The first-order valence-electron chi connectivity index (χ1n) is 15.4. The second-order valence-electron chi connectivity index (χ2n) is 12.2. The van der Waals surface area contributed by atoms with Gasteiger partial charge in [-0.05, 0) is 71.9 Å². The van der Waals surface area contributed by atoms with Crippen LogP contribution in [0.3, 0.4) is 0 Å². The largest absolute Gasteiger partial charge is 0.510 e. The number of nitrogens with zero attached hydrogens (tertiary/aromatic N) is 3. The first-order valence-corrected chi connectivity index (χ1v) is 16.4. The summed E-state index contributed by atoms with van der Waals surface area (Å²) >= 11 is 1.49. The van der Waals surface area contributed by atoms with Crippen molar-refractivity contribution in [1.29, 1.82) is 0 Å². The number of methoxy groups -OCH3 is 1. The molecule has 3 aliphatic carbocycles. The van der Waals surface area contributed by atoms with Crippen molar-refractivity contribution in [3.63, 3.8) is 0 Å². The van der Waals surface area contributed by atoms with Crippen molar-refractivity contribution in [2.75, 3.05) is 38.7 Å². The molecular formula is C33H31F2N3O7S. The van der Waals surface area contributed by atoms with Crippen molar-refractivity contribution in [2.45, 2.75) is 60.4 Å². The van der Waals surface area contributed by atoms with Crippen LogP contribution in [0.25, 0.3) is 0 Å². The van der Waals surface area contributed by atoms with E-state index in [4.69, 9.17) is 14.2 Å².